The molecule has 0 aliphatic carbocycles. The quantitative estimate of drug-likeness (QED) is 0.170. The lowest BCUT2D eigenvalue weighted by Crippen LogP contribution is -2.28. The SMILES string of the molecule is CCOc1cc(/C=C2/SC(=O)N(Cc3c(F)cccc3Cl)C2=O)ccc1OCc1ccc([N+](=O)[O-])cc1. The van der Waals surface area contributed by atoms with E-state index in [2.05, 4.69) is 0 Å². The molecule has 0 unspecified atom stereocenters. The molecule has 8 nitrogen and oxygen atoms in total. The maximum Gasteiger partial charge on any atom is 0.293 e. The van der Waals surface area contributed by atoms with Crippen LogP contribution in [0.4, 0.5) is 14.9 Å². The molecule has 0 spiro atoms. The Morgan fingerprint density at radius 3 is 2.51 bits per heavy atom. The van der Waals surface area contributed by atoms with E-state index in [0.717, 1.165) is 22.2 Å². The van der Waals surface area contributed by atoms with Crippen LogP contribution in [0.15, 0.2) is 65.6 Å². The summed E-state index contributed by atoms with van der Waals surface area (Å²) in [7, 11) is 0. The van der Waals surface area contributed by atoms with Crippen molar-refractivity contribution in [2.24, 2.45) is 0 Å². The second-order valence-corrected chi connectivity index (χ2v) is 9.22. The van der Waals surface area contributed by atoms with Gasteiger partial charge in [-0.15, -0.1) is 0 Å². The standard InChI is InChI=1S/C26H20ClFN2O6S/c1-2-35-23-12-17(8-11-22(23)36-15-16-6-9-18(10-7-16)30(33)34)13-24-25(31)29(26(32)37-24)14-19-20(27)4-3-5-21(19)28/h3-13H,2,14-15H2,1H3/b24-13+. The molecule has 37 heavy (non-hydrogen) atoms. The van der Waals surface area contributed by atoms with Crippen molar-refractivity contribution < 1.29 is 28.4 Å². The fourth-order valence-corrected chi connectivity index (χ4v) is 4.57. The van der Waals surface area contributed by atoms with Gasteiger partial charge in [-0.2, -0.15) is 0 Å². The highest BCUT2D eigenvalue weighted by molar-refractivity contribution is 8.18. The first-order chi connectivity index (χ1) is 17.8. The van der Waals surface area contributed by atoms with E-state index in [1.54, 1.807) is 36.4 Å². The van der Waals surface area contributed by atoms with Crippen molar-refractivity contribution in [2.45, 2.75) is 20.1 Å². The number of amides is 2. The van der Waals surface area contributed by atoms with Gasteiger partial charge in [0.2, 0.25) is 0 Å². The van der Waals surface area contributed by atoms with E-state index in [9.17, 15) is 24.1 Å². The fraction of sp³-hybridized carbons (Fsp3) is 0.154. The number of nitro groups is 1. The third-order valence-electron chi connectivity index (χ3n) is 5.36. The number of halogens is 2. The normalized spacial score (nSPS) is 14.4. The lowest BCUT2D eigenvalue weighted by Gasteiger charge is -2.14. The number of nitrogens with zero attached hydrogens (tertiary/aromatic N) is 2. The number of benzene rings is 3. The molecule has 0 radical (unpaired) electrons. The predicted molar refractivity (Wildman–Crippen MR) is 138 cm³/mol. The first-order valence-electron chi connectivity index (χ1n) is 11.1. The van der Waals surface area contributed by atoms with Crippen molar-refractivity contribution in [3.63, 3.8) is 0 Å². The summed E-state index contributed by atoms with van der Waals surface area (Å²) in [6, 6.07) is 15.2. The van der Waals surface area contributed by atoms with Gasteiger partial charge in [0, 0.05) is 22.7 Å². The van der Waals surface area contributed by atoms with Crippen LogP contribution < -0.4 is 9.47 Å². The Hall–Kier alpha value is -3.89. The van der Waals surface area contributed by atoms with Crippen LogP contribution in [0, 0.1) is 15.9 Å². The van der Waals surface area contributed by atoms with Gasteiger partial charge >= 0.3 is 0 Å². The molecule has 1 aliphatic rings. The topological polar surface area (TPSA) is 99.0 Å². The number of nitro benzene ring substituents is 1. The molecule has 3 aromatic rings. The molecule has 11 heteroatoms. The molecule has 2 amide bonds. The molecule has 190 valence electrons. The third kappa shape index (κ3) is 6.10. The maximum absolute atomic E-state index is 14.2. The van der Waals surface area contributed by atoms with Crippen molar-refractivity contribution in [1.82, 2.24) is 4.90 Å². The van der Waals surface area contributed by atoms with Gasteiger partial charge in [0.25, 0.3) is 16.8 Å². The lowest BCUT2D eigenvalue weighted by atomic mass is 10.1. The summed E-state index contributed by atoms with van der Waals surface area (Å²) in [5.74, 6) is -0.276. The van der Waals surface area contributed by atoms with Crippen LogP contribution >= 0.6 is 23.4 Å². The molecular formula is C26H20ClFN2O6S. The Morgan fingerprint density at radius 1 is 1.08 bits per heavy atom. The average Bonchev–Trinajstić information content (AvgIpc) is 3.13. The summed E-state index contributed by atoms with van der Waals surface area (Å²) < 4.78 is 25.7. The van der Waals surface area contributed by atoms with Gasteiger partial charge in [-0.3, -0.25) is 24.6 Å². The molecule has 1 fully saturated rings. The Bertz CT molecular complexity index is 1380. The Kier molecular flexibility index (Phi) is 8.10. The van der Waals surface area contributed by atoms with E-state index in [1.807, 2.05) is 6.92 Å². The zero-order valence-electron chi connectivity index (χ0n) is 19.5. The number of ether oxygens (including phenoxy) is 2. The van der Waals surface area contributed by atoms with E-state index in [4.69, 9.17) is 21.1 Å². The number of rotatable bonds is 9. The molecule has 1 aliphatic heterocycles. The van der Waals surface area contributed by atoms with E-state index >= 15 is 0 Å². The van der Waals surface area contributed by atoms with Gasteiger partial charge in [0.05, 0.1) is 23.0 Å². The van der Waals surface area contributed by atoms with Gasteiger partial charge in [0.1, 0.15) is 12.4 Å². The third-order valence-corrected chi connectivity index (χ3v) is 6.62. The van der Waals surface area contributed by atoms with Gasteiger partial charge in [-0.25, -0.2) is 4.39 Å². The summed E-state index contributed by atoms with van der Waals surface area (Å²) in [5, 5.41) is 10.4. The molecule has 3 aromatic carbocycles. The highest BCUT2D eigenvalue weighted by Crippen LogP contribution is 2.36. The second-order valence-electron chi connectivity index (χ2n) is 7.82. The van der Waals surface area contributed by atoms with Crippen LogP contribution in [0.5, 0.6) is 11.5 Å². The van der Waals surface area contributed by atoms with E-state index in [0.29, 0.717) is 23.7 Å². The zero-order chi connectivity index (χ0) is 26.5. The molecular weight excluding hydrogens is 523 g/mol. The van der Waals surface area contributed by atoms with Crippen LogP contribution in [0.3, 0.4) is 0 Å². The number of carbonyl (C=O) groups is 2. The summed E-state index contributed by atoms with van der Waals surface area (Å²) in [5.41, 5.74) is 1.40. The van der Waals surface area contributed by atoms with E-state index < -0.39 is 21.9 Å². The molecule has 4 rings (SSSR count). The molecule has 0 atom stereocenters. The van der Waals surface area contributed by atoms with E-state index in [1.165, 1.54) is 30.3 Å². The second kappa shape index (κ2) is 11.4. The highest BCUT2D eigenvalue weighted by Gasteiger charge is 2.36. The number of thioether (sulfide) groups is 1. The number of imide groups is 1. The minimum atomic E-state index is -0.596. The highest BCUT2D eigenvalue weighted by atomic mass is 35.5. The predicted octanol–water partition coefficient (Wildman–Crippen LogP) is 6.60. The Labute approximate surface area is 220 Å². The minimum Gasteiger partial charge on any atom is -0.490 e. The molecule has 1 heterocycles. The number of hydrogen-bond donors (Lipinski definition) is 0. The van der Waals surface area contributed by atoms with Crippen molar-refractivity contribution in [3.05, 3.63) is 103 Å². The molecule has 0 aromatic heterocycles. The lowest BCUT2D eigenvalue weighted by molar-refractivity contribution is -0.384. The first-order valence-corrected chi connectivity index (χ1v) is 12.3. The minimum absolute atomic E-state index is 0.00970. The smallest absolute Gasteiger partial charge is 0.293 e. The average molecular weight is 543 g/mol. The maximum atomic E-state index is 14.2. The van der Waals surface area contributed by atoms with Crippen LogP contribution in [0.1, 0.15) is 23.6 Å². The number of non-ortho nitro benzene ring substituents is 1. The zero-order valence-corrected chi connectivity index (χ0v) is 21.1. The van der Waals surface area contributed by atoms with Gasteiger partial charge < -0.3 is 9.47 Å². The Balaban J connectivity index is 1.50. The van der Waals surface area contributed by atoms with Gasteiger partial charge in [-0.1, -0.05) is 23.7 Å². The van der Waals surface area contributed by atoms with Gasteiger partial charge in [-0.05, 0) is 72.3 Å². The van der Waals surface area contributed by atoms with Crippen LogP contribution in [-0.2, 0) is 17.9 Å². The van der Waals surface area contributed by atoms with Crippen molar-refractivity contribution in [1.29, 1.82) is 0 Å². The number of carbonyl (C=O) groups excluding carboxylic acids is 2. The van der Waals surface area contributed by atoms with E-state index in [-0.39, 0.29) is 34.3 Å². The summed E-state index contributed by atoms with van der Waals surface area (Å²) in [6.07, 6.45) is 1.55. The largest absolute Gasteiger partial charge is 0.490 e. The molecule has 0 bridgehead atoms. The first kappa shape index (κ1) is 26.2. The van der Waals surface area contributed by atoms with Crippen LogP contribution in [0.25, 0.3) is 6.08 Å². The Morgan fingerprint density at radius 2 is 1.84 bits per heavy atom. The van der Waals surface area contributed by atoms with Gasteiger partial charge in [0.15, 0.2) is 11.5 Å². The van der Waals surface area contributed by atoms with Crippen LogP contribution in [-0.4, -0.2) is 27.6 Å². The summed E-state index contributed by atoms with van der Waals surface area (Å²) in [4.78, 5) is 36.9. The molecule has 0 saturated carbocycles. The van der Waals surface area contributed by atoms with Crippen molar-refractivity contribution in [3.8, 4) is 11.5 Å². The van der Waals surface area contributed by atoms with Crippen molar-refractivity contribution >= 4 is 46.3 Å². The molecule has 1 saturated heterocycles. The summed E-state index contributed by atoms with van der Waals surface area (Å²) >= 11 is 6.81. The van der Waals surface area contributed by atoms with Crippen molar-refractivity contribution in [2.75, 3.05) is 6.61 Å². The molecule has 0 N–H and O–H groups in total. The van der Waals surface area contributed by atoms with Crippen LogP contribution in [0.2, 0.25) is 5.02 Å². The summed E-state index contributed by atoms with van der Waals surface area (Å²) in [6.45, 7) is 2.06. The fourth-order valence-electron chi connectivity index (χ4n) is 3.51. The monoisotopic (exact) mass is 542 g/mol. The number of hydrogen-bond acceptors (Lipinski definition) is 7.